The molecular weight excluding hydrogens is 614 g/mol. The molecular formula is C29H28BrN3O9. The number of anilines is 1. The minimum Gasteiger partial charge on any atom is -0.510 e. The Kier molecular flexibility index (Phi) is 7.16. The molecule has 3 aliphatic rings. The van der Waals surface area contributed by atoms with Crippen LogP contribution in [0.5, 0.6) is 11.5 Å². The second-order valence-corrected chi connectivity index (χ2v) is 11.8. The predicted molar refractivity (Wildman–Crippen MR) is 152 cm³/mol. The van der Waals surface area contributed by atoms with E-state index in [1.54, 1.807) is 20.2 Å². The van der Waals surface area contributed by atoms with Crippen molar-refractivity contribution in [3.63, 3.8) is 0 Å². The summed E-state index contributed by atoms with van der Waals surface area (Å²) in [7, 11) is 3.11. The Bertz CT molecular complexity index is 1610. The highest BCUT2D eigenvalue weighted by atomic mass is 79.9. The zero-order chi connectivity index (χ0) is 30.8. The van der Waals surface area contributed by atoms with Gasteiger partial charge >= 0.3 is 0 Å². The molecule has 0 bridgehead atoms. The van der Waals surface area contributed by atoms with Gasteiger partial charge in [-0.25, -0.2) is 0 Å². The molecule has 4 unspecified atom stereocenters. The summed E-state index contributed by atoms with van der Waals surface area (Å²) < 4.78 is 0. The number of carbonyl (C=O) groups excluding carboxylic acids is 4. The number of halogens is 1. The largest absolute Gasteiger partial charge is 0.510 e. The summed E-state index contributed by atoms with van der Waals surface area (Å²) in [5.74, 6) is -8.03. The molecule has 5 atom stereocenters. The van der Waals surface area contributed by atoms with Crippen LogP contribution in [0.1, 0.15) is 32.7 Å². The standard InChI is InChI=1S/C29H28BrN3O9/c1-33(2)21-15-10-13-9-12-5-8-16(32-28(41)20(30)11-3-6-14(34)7-4-11)22(35)17(12)23(36)18(13)25(38)29(15,42)26(39)19(24(21)37)27(31)40/h3-8,13,15,20-21,34-35,37-38,42H,9-10H2,1-2H3,(H2,31,40)(H,32,41)/t13?,15?,20?,21-,29?/m0/s1. The molecule has 2 amide bonds. The van der Waals surface area contributed by atoms with Gasteiger partial charge in [-0.15, -0.1) is 0 Å². The molecule has 0 saturated carbocycles. The van der Waals surface area contributed by atoms with E-state index in [0.717, 1.165) is 0 Å². The number of aliphatic hydroxyl groups excluding tert-OH is 2. The van der Waals surface area contributed by atoms with E-state index in [-0.39, 0.29) is 35.4 Å². The first kappa shape index (κ1) is 29.3. The molecule has 42 heavy (non-hydrogen) atoms. The van der Waals surface area contributed by atoms with E-state index in [4.69, 9.17) is 5.73 Å². The van der Waals surface area contributed by atoms with Crippen LogP contribution in [0.15, 0.2) is 59.1 Å². The van der Waals surface area contributed by atoms with E-state index in [9.17, 15) is 44.7 Å². The quantitative estimate of drug-likeness (QED) is 0.143. The van der Waals surface area contributed by atoms with Gasteiger partial charge in [-0.1, -0.05) is 34.1 Å². The van der Waals surface area contributed by atoms with Gasteiger partial charge in [0.1, 0.15) is 27.7 Å². The first-order chi connectivity index (χ1) is 19.7. The molecule has 3 aliphatic carbocycles. The second kappa shape index (κ2) is 10.3. The zero-order valence-electron chi connectivity index (χ0n) is 22.5. The van der Waals surface area contributed by atoms with Gasteiger partial charge in [0.15, 0.2) is 17.1 Å². The second-order valence-electron chi connectivity index (χ2n) is 10.9. The van der Waals surface area contributed by atoms with Crippen LogP contribution >= 0.6 is 15.9 Å². The number of phenols is 2. The number of benzene rings is 2. The topological polar surface area (TPSA) is 211 Å². The van der Waals surface area contributed by atoms with Crippen molar-refractivity contribution in [3.05, 3.63) is 75.8 Å². The number of aliphatic hydroxyl groups is 3. The minimum atomic E-state index is -2.74. The van der Waals surface area contributed by atoms with Crippen LogP contribution in [0.25, 0.3) is 0 Å². The molecule has 0 saturated heterocycles. The molecule has 2 aromatic rings. The van der Waals surface area contributed by atoms with Crippen LogP contribution in [0, 0.1) is 11.8 Å². The number of hydrogen-bond acceptors (Lipinski definition) is 10. The number of rotatable bonds is 5. The molecule has 0 aliphatic heterocycles. The maximum absolute atomic E-state index is 13.8. The number of ketones is 2. The van der Waals surface area contributed by atoms with Crippen molar-refractivity contribution in [2.45, 2.75) is 29.3 Å². The third-order valence-electron chi connectivity index (χ3n) is 8.27. The molecule has 0 fully saturated rings. The molecule has 12 nitrogen and oxygen atoms in total. The van der Waals surface area contributed by atoms with E-state index in [2.05, 4.69) is 21.2 Å². The van der Waals surface area contributed by atoms with Crippen LogP contribution in [0.3, 0.4) is 0 Å². The Labute approximate surface area is 247 Å². The fourth-order valence-electron chi connectivity index (χ4n) is 6.32. The number of nitrogens with one attached hydrogen (secondary N) is 1. The first-order valence-electron chi connectivity index (χ1n) is 12.9. The number of fused-ring (bicyclic) bond motifs is 3. The van der Waals surface area contributed by atoms with Gasteiger partial charge in [-0.05, 0) is 62.2 Å². The van der Waals surface area contributed by atoms with Gasteiger partial charge in [-0.3, -0.25) is 24.1 Å². The average molecular weight is 642 g/mol. The number of primary amides is 1. The number of phenolic OH excluding ortho intramolecular Hbond substituents is 2. The van der Waals surface area contributed by atoms with E-state index >= 15 is 0 Å². The molecule has 5 rings (SSSR count). The number of alkyl halides is 1. The maximum atomic E-state index is 13.8. The SMILES string of the molecule is CN(C)[C@@H]1C(O)=C(C(N)=O)C(=O)C2(O)C(O)=C3C(=O)c4c(ccc(NC(=O)C(Br)c5ccc(O)cc5)c4O)CC3CC12. The molecule has 0 radical (unpaired) electrons. The summed E-state index contributed by atoms with van der Waals surface area (Å²) in [6, 6.07) is 7.80. The van der Waals surface area contributed by atoms with Crippen molar-refractivity contribution in [2.75, 3.05) is 19.4 Å². The lowest BCUT2D eigenvalue weighted by molar-refractivity contribution is -0.148. The van der Waals surface area contributed by atoms with Crippen LogP contribution in [0.2, 0.25) is 0 Å². The van der Waals surface area contributed by atoms with Crippen LogP contribution < -0.4 is 11.1 Å². The number of carbonyl (C=O) groups is 4. The summed E-state index contributed by atoms with van der Waals surface area (Å²) in [5.41, 5.74) is 2.06. The number of nitrogens with zero attached hydrogens (tertiary/aromatic N) is 1. The Morgan fingerprint density at radius 3 is 2.31 bits per heavy atom. The van der Waals surface area contributed by atoms with E-state index in [0.29, 0.717) is 11.1 Å². The highest BCUT2D eigenvalue weighted by Crippen LogP contribution is 2.52. The summed E-state index contributed by atoms with van der Waals surface area (Å²) in [6.07, 6.45) is 0.105. The number of nitrogens with two attached hydrogens (primary N) is 1. The summed E-state index contributed by atoms with van der Waals surface area (Å²) >= 11 is 3.28. The number of amides is 2. The van der Waals surface area contributed by atoms with Gasteiger partial charge < -0.3 is 36.6 Å². The Hall–Kier alpha value is -4.20. The number of hydrogen-bond donors (Lipinski definition) is 7. The fourth-order valence-corrected chi connectivity index (χ4v) is 6.74. The first-order valence-corrected chi connectivity index (χ1v) is 13.8. The van der Waals surface area contributed by atoms with Crippen molar-refractivity contribution >= 4 is 45.0 Å². The van der Waals surface area contributed by atoms with Gasteiger partial charge in [0.25, 0.3) is 5.91 Å². The lowest BCUT2D eigenvalue weighted by Crippen LogP contribution is -2.63. The monoisotopic (exact) mass is 641 g/mol. The molecule has 220 valence electrons. The maximum Gasteiger partial charge on any atom is 0.255 e. The minimum absolute atomic E-state index is 0.0186. The van der Waals surface area contributed by atoms with Crippen LogP contribution in [0.4, 0.5) is 5.69 Å². The van der Waals surface area contributed by atoms with Crippen molar-refractivity contribution in [2.24, 2.45) is 17.6 Å². The highest BCUT2D eigenvalue weighted by molar-refractivity contribution is 9.09. The molecule has 0 spiro atoms. The van der Waals surface area contributed by atoms with Gasteiger partial charge in [0.2, 0.25) is 11.7 Å². The normalized spacial score (nSPS) is 26.0. The molecule has 0 aromatic heterocycles. The van der Waals surface area contributed by atoms with Gasteiger partial charge in [0.05, 0.1) is 17.3 Å². The lowest BCUT2D eigenvalue weighted by atomic mass is 9.58. The van der Waals surface area contributed by atoms with Gasteiger partial charge in [-0.2, -0.15) is 0 Å². The summed E-state index contributed by atoms with van der Waals surface area (Å²) in [5, 5.41) is 57.0. The van der Waals surface area contributed by atoms with Crippen molar-refractivity contribution in [3.8, 4) is 11.5 Å². The van der Waals surface area contributed by atoms with Gasteiger partial charge in [0, 0.05) is 11.5 Å². The predicted octanol–water partition coefficient (Wildman–Crippen LogP) is 1.90. The fraction of sp³-hybridized carbons (Fsp3) is 0.310. The average Bonchev–Trinajstić information content (AvgIpc) is 2.91. The Balaban J connectivity index is 1.54. The smallest absolute Gasteiger partial charge is 0.255 e. The molecule has 8 N–H and O–H groups in total. The van der Waals surface area contributed by atoms with E-state index in [1.165, 1.54) is 35.2 Å². The van der Waals surface area contributed by atoms with Crippen LogP contribution in [-0.2, 0) is 20.8 Å². The number of aromatic hydroxyl groups is 2. The molecule has 13 heteroatoms. The molecule has 2 aromatic carbocycles. The Morgan fingerprint density at radius 1 is 1.07 bits per heavy atom. The van der Waals surface area contributed by atoms with Crippen LogP contribution in [-0.4, -0.2) is 79.6 Å². The third-order valence-corrected chi connectivity index (χ3v) is 9.21. The summed E-state index contributed by atoms with van der Waals surface area (Å²) in [4.78, 5) is 52.8. The van der Waals surface area contributed by atoms with Crippen molar-refractivity contribution in [1.82, 2.24) is 4.90 Å². The third kappa shape index (κ3) is 4.27. The highest BCUT2D eigenvalue weighted by Gasteiger charge is 2.63. The number of likely N-dealkylation sites (N-methyl/N-ethyl adjacent to an activating group) is 1. The molecule has 0 heterocycles. The number of Topliss-reactive ketones (excluding diaryl/α,β-unsaturated/α-hetero) is 2. The van der Waals surface area contributed by atoms with E-state index in [1.807, 2.05) is 0 Å². The van der Waals surface area contributed by atoms with Crippen molar-refractivity contribution in [1.29, 1.82) is 0 Å². The number of allylic oxidation sites excluding steroid dienone is 1. The Morgan fingerprint density at radius 2 is 1.71 bits per heavy atom. The summed E-state index contributed by atoms with van der Waals surface area (Å²) in [6.45, 7) is 0. The van der Waals surface area contributed by atoms with E-state index < -0.39 is 74.5 Å². The lowest BCUT2D eigenvalue weighted by Gasteiger charge is -2.50. The van der Waals surface area contributed by atoms with Crippen molar-refractivity contribution < 1.29 is 44.7 Å². The zero-order valence-corrected chi connectivity index (χ0v) is 24.0.